The molecule has 0 amide bonds. The second-order valence-electron chi connectivity index (χ2n) is 3.36. The first kappa shape index (κ1) is 10.9. The molecule has 84 valence electrons. The van der Waals surface area contributed by atoms with Crippen molar-refractivity contribution in [3.05, 3.63) is 42.2 Å². The van der Waals surface area contributed by atoms with Gasteiger partial charge in [-0.3, -0.25) is 0 Å². The molecule has 1 aromatic carbocycles. The topological polar surface area (TPSA) is 84.8 Å². The molecule has 1 aromatic heterocycles. The van der Waals surface area contributed by atoms with E-state index in [-0.39, 0.29) is 0 Å². The number of hydrogen-bond donors (Lipinski definition) is 1. The largest absolute Gasteiger partial charge is 0.438 e. The van der Waals surface area contributed by atoms with E-state index in [1.54, 1.807) is 12.1 Å². The fourth-order valence-corrected chi connectivity index (χ4v) is 1.27. The number of nitrogen functional groups attached to an aromatic ring is 1. The fourth-order valence-electron chi connectivity index (χ4n) is 1.27. The molecule has 2 rings (SSSR count). The lowest BCUT2D eigenvalue weighted by atomic mass is 10.2. The fraction of sp³-hybridized carbons (Fsp3) is 0.0833. The van der Waals surface area contributed by atoms with Crippen molar-refractivity contribution in [1.29, 1.82) is 5.26 Å². The van der Waals surface area contributed by atoms with Crippen LogP contribution in [-0.4, -0.2) is 9.97 Å². The first-order valence-corrected chi connectivity index (χ1v) is 4.99. The predicted molar refractivity (Wildman–Crippen MR) is 62.3 cm³/mol. The highest BCUT2D eigenvalue weighted by Gasteiger charge is 1.99. The Balaban J connectivity index is 2.09. The molecule has 0 radical (unpaired) electrons. The summed E-state index contributed by atoms with van der Waals surface area (Å²) in [6.07, 6.45) is 3.28. The Morgan fingerprint density at radius 2 is 1.94 bits per heavy atom. The van der Waals surface area contributed by atoms with E-state index in [0.717, 1.165) is 5.56 Å². The molecule has 1 heterocycles. The average molecular weight is 226 g/mol. The Kier molecular flexibility index (Phi) is 3.17. The van der Waals surface area contributed by atoms with Crippen LogP contribution in [0.2, 0.25) is 0 Å². The standard InChI is InChI=1S/C12H10N4O/c13-6-5-9-1-3-10(4-2-9)17-12-8-15-11(14)7-16-12/h1-4,7-8H,5H2,(H2,14,15). The van der Waals surface area contributed by atoms with Gasteiger partial charge >= 0.3 is 0 Å². The van der Waals surface area contributed by atoms with E-state index >= 15 is 0 Å². The van der Waals surface area contributed by atoms with Crippen LogP contribution in [0.5, 0.6) is 11.6 Å². The minimum Gasteiger partial charge on any atom is -0.438 e. The number of rotatable bonds is 3. The quantitative estimate of drug-likeness (QED) is 0.864. The number of hydrogen-bond acceptors (Lipinski definition) is 5. The lowest BCUT2D eigenvalue weighted by Gasteiger charge is -2.04. The highest BCUT2D eigenvalue weighted by Crippen LogP contribution is 2.19. The lowest BCUT2D eigenvalue weighted by molar-refractivity contribution is 0.460. The third kappa shape index (κ3) is 2.92. The minimum atomic E-state index is 0.349. The van der Waals surface area contributed by atoms with E-state index in [1.165, 1.54) is 12.4 Å². The Bertz CT molecular complexity index is 528. The maximum Gasteiger partial charge on any atom is 0.237 e. The van der Waals surface area contributed by atoms with Crippen molar-refractivity contribution in [2.45, 2.75) is 6.42 Å². The Morgan fingerprint density at radius 1 is 1.18 bits per heavy atom. The van der Waals surface area contributed by atoms with Gasteiger partial charge in [0.15, 0.2) is 0 Å². The van der Waals surface area contributed by atoms with Crippen LogP contribution in [0.3, 0.4) is 0 Å². The van der Waals surface area contributed by atoms with Crippen LogP contribution in [0, 0.1) is 11.3 Å². The van der Waals surface area contributed by atoms with Gasteiger partial charge < -0.3 is 10.5 Å². The molecule has 5 heteroatoms. The summed E-state index contributed by atoms with van der Waals surface area (Å²) in [6.45, 7) is 0. The van der Waals surface area contributed by atoms with Crippen LogP contribution in [-0.2, 0) is 6.42 Å². The van der Waals surface area contributed by atoms with Crippen molar-refractivity contribution in [2.75, 3.05) is 5.73 Å². The van der Waals surface area contributed by atoms with E-state index in [1.807, 2.05) is 12.1 Å². The van der Waals surface area contributed by atoms with Crippen molar-refractivity contribution in [1.82, 2.24) is 9.97 Å². The summed E-state index contributed by atoms with van der Waals surface area (Å²) >= 11 is 0. The normalized spacial score (nSPS) is 9.59. The van der Waals surface area contributed by atoms with E-state index in [4.69, 9.17) is 15.7 Å². The summed E-state index contributed by atoms with van der Waals surface area (Å²) in [5, 5.41) is 8.54. The number of aromatic nitrogens is 2. The van der Waals surface area contributed by atoms with Gasteiger partial charge in [-0.25, -0.2) is 9.97 Å². The summed E-state index contributed by atoms with van der Waals surface area (Å²) in [5.74, 6) is 1.37. The summed E-state index contributed by atoms with van der Waals surface area (Å²) < 4.78 is 5.45. The molecule has 0 saturated carbocycles. The highest BCUT2D eigenvalue weighted by atomic mass is 16.5. The van der Waals surface area contributed by atoms with Gasteiger partial charge in [0, 0.05) is 0 Å². The van der Waals surface area contributed by atoms with Gasteiger partial charge in [-0.15, -0.1) is 0 Å². The van der Waals surface area contributed by atoms with E-state index in [2.05, 4.69) is 16.0 Å². The molecule has 0 bridgehead atoms. The molecule has 0 aliphatic rings. The third-order valence-electron chi connectivity index (χ3n) is 2.08. The zero-order valence-corrected chi connectivity index (χ0v) is 9.00. The molecule has 0 spiro atoms. The molecule has 17 heavy (non-hydrogen) atoms. The number of nitriles is 1. The molecular weight excluding hydrogens is 216 g/mol. The highest BCUT2D eigenvalue weighted by molar-refractivity contribution is 5.32. The first-order chi connectivity index (χ1) is 8.28. The van der Waals surface area contributed by atoms with Gasteiger partial charge in [0.05, 0.1) is 24.9 Å². The molecule has 0 saturated heterocycles. The Morgan fingerprint density at radius 3 is 2.53 bits per heavy atom. The zero-order valence-electron chi connectivity index (χ0n) is 9.00. The monoisotopic (exact) mass is 226 g/mol. The van der Waals surface area contributed by atoms with Crippen LogP contribution in [0.15, 0.2) is 36.7 Å². The SMILES string of the molecule is N#CCc1ccc(Oc2cnc(N)cn2)cc1. The van der Waals surface area contributed by atoms with Gasteiger partial charge in [0.1, 0.15) is 11.6 Å². The molecule has 0 aliphatic carbocycles. The van der Waals surface area contributed by atoms with Crippen LogP contribution < -0.4 is 10.5 Å². The number of benzene rings is 1. The molecule has 0 atom stereocenters. The summed E-state index contributed by atoms with van der Waals surface area (Å²) in [7, 11) is 0. The second kappa shape index (κ2) is 4.94. The first-order valence-electron chi connectivity index (χ1n) is 4.99. The Hall–Kier alpha value is -2.61. The number of nitrogens with zero attached hydrogens (tertiary/aromatic N) is 3. The van der Waals surface area contributed by atoms with E-state index < -0.39 is 0 Å². The second-order valence-corrected chi connectivity index (χ2v) is 3.36. The smallest absolute Gasteiger partial charge is 0.237 e. The van der Waals surface area contributed by atoms with Crippen LogP contribution in [0.25, 0.3) is 0 Å². The zero-order chi connectivity index (χ0) is 12.1. The van der Waals surface area contributed by atoms with Crippen LogP contribution in [0.1, 0.15) is 5.56 Å². The molecule has 0 fully saturated rings. The Labute approximate surface area is 98.5 Å². The van der Waals surface area contributed by atoms with Gasteiger partial charge in [-0.2, -0.15) is 5.26 Å². The van der Waals surface area contributed by atoms with Crippen molar-refractivity contribution in [3.8, 4) is 17.7 Å². The number of ether oxygens (including phenoxy) is 1. The third-order valence-corrected chi connectivity index (χ3v) is 2.08. The molecule has 2 N–H and O–H groups in total. The van der Waals surface area contributed by atoms with Gasteiger partial charge in [0.25, 0.3) is 0 Å². The van der Waals surface area contributed by atoms with Crippen molar-refractivity contribution < 1.29 is 4.74 Å². The number of nitrogens with two attached hydrogens (primary N) is 1. The minimum absolute atomic E-state index is 0.349. The van der Waals surface area contributed by atoms with Crippen LogP contribution >= 0.6 is 0 Å². The maximum atomic E-state index is 8.54. The van der Waals surface area contributed by atoms with Gasteiger partial charge in [0.2, 0.25) is 5.88 Å². The van der Waals surface area contributed by atoms with Crippen molar-refractivity contribution in [2.24, 2.45) is 0 Å². The predicted octanol–water partition coefficient (Wildman–Crippen LogP) is 1.92. The summed E-state index contributed by atoms with van der Waals surface area (Å²) in [6, 6.07) is 9.32. The van der Waals surface area contributed by atoms with Crippen molar-refractivity contribution >= 4 is 5.82 Å². The van der Waals surface area contributed by atoms with E-state index in [0.29, 0.717) is 23.9 Å². The molecule has 2 aromatic rings. The molecule has 5 nitrogen and oxygen atoms in total. The maximum absolute atomic E-state index is 8.54. The lowest BCUT2D eigenvalue weighted by Crippen LogP contribution is -1.93. The molecular formula is C12H10N4O. The van der Waals surface area contributed by atoms with Crippen LogP contribution in [0.4, 0.5) is 5.82 Å². The van der Waals surface area contributed by atoms with Gasteiger partial charge in [-0.05, 0) is 17.7 Å². The molecule has 0 aliphatic heterocycles. The summed E-state index contributed by atoms with van der Waals surface area (Å²) in [5.41, 5.74) is 6.36. The van der Waals surface area contributed by atoms with Gasteiger partial charge in [-0.1, -0.05) is 12.1 Å². The van der Waals surface area contributed by atoms with E-state index in [9.17, 15) is 0 Å². The molecule has 0 unspecified atom stereocenters. The summed E-state index contributed by atoms with van der Waals surface area (Å²) in [4.78, 5) is 7.84. The number of anilines is 1. The van der Waals surface area contributed by atoms with Crippen molar-refractivity contribution in [3.63, 3.8) is 0 Å². The average Bonchev–Trinajstić information content (AvgIpc) is 2.35.